The van der Waals surface area contributed by atoms with Crippen molar-refractivity contribution < 1.29 is 22.7 Å². The molecule has 4 heterocycles. The first kappa shape index (κ1) is 23.6. The number of nitrogens with zero attached hydrogens (tertiary/aromatic N) is 4. The molecule has 10 heteroatoms. The minimum atomic E-state index is -4.45. The number of rotatable bonds is 4. The van der Waals surface area contributed by atoms with Crippen molar-refractivity contribution in [3.05, 3.63) is 47.2 Å². The zero-order valence-electron chi connectivity index (χ0n) is 19.7. The number of aromatic nitrogens is 3. The van der Waals surface area contributed by atoms with Gasteiger partial charge in [0.2, 0.25) is 11.9 Å². The van der Waals surface area contributed by atoms with Crippen molar-refractivity contribution in [3.63, 3.8) is 0 Å². The standard InChI is InChI=1S/C25H28F3N5O2/c1-15-11-20-21(12-16(15)2)33(22-4-3-18(13-29-22)25(26,27)28)24(31-20)32-8-5-17(6-9-32)23(34)30-19-7-10-35-14-19/h3-4,11-13,17,19H,5-10,14H2,1-2H3,(H,30,34). The number of benzene rings is 1. The Hall–Kier alpha value is -3.14. The van der Waals surface area contributed by atoms with E-state index in [4.69, 9.17) is 9.72 Å². The summed E-state index contributed by atoms with van der Waals surface area (Å²) in [5.41, 5.74) is 2.89. The summed E-state index contributed by atoms with van der Waals surface area (Å²) in [6, 6.07) is 6.49. The van der Waals surface area contributed by atoms with Crippen molar-refractivity contribution in [2.75, 3.05) is 31.2 Å². The van der Waals surface area contributed by atoms with Crippen molar-refractivity contribution in [2.24, 2.45) is 5.92 Å². The number of anilines is 1. The largest absolute Gasteiger partial charge is 0.417 e. The lowest BCUT2D eigenvalue weighted by atomic mass is 9.95. The fourth-order valence-corrected chi connectivity index (χ4v) is 4.75. The number of carbonyl (C=O) groups excluding carboxylic acids is 1. The molecular formula is C25H28F3N5O2. The van der Waals surface area contributed by atoms with E-state index in [9.17, 15) is 18.0 Å². The summed E-state index contributed by atoms with van der Waals surface area (Å²) in [7, 11) is 0. The Balaban J connectivity index is 1.43. The van der Waals surface area contributed by atoms with Gasteiger partial charge in [-0.3, -0.25) is 9.36 Å². The van der Waals surface area contributed by atoms with E-state index in [0.717, 1.165) is 40.8 Å². The van der Waals surface area contributed by atoms with E-state index < -0.39 is 11.7 Å². The van der Waals surface area contributed by atoms with Crippen molar-refractivity contribution in [3.8, 4) is 5.82 Å². The Labute approximate surface area is 201 Å². The van der Waals surface area contributed by atoms with E-state index in [0.29, 0.717) is 50.9 Å². The third-order valence-electron chi connectivity index (χ3n) is 6.98. The van der Waals surface area contributed by atoms with Crippen LogP contribution in [0.3, 0.4) is 0 Å². The zero-order chi connectivity index (χ0) is 24.7. The molecule has 7 nitrogen and oxygen atoms in total. The van der Waals surface area contributed by atoms with Crippen LogP contribution in [0.1, 0.15) is 36.0 Å². The van der Waals surface area contributed by atoms with Gasteiger partial charge in [0.15, 0.2) is 0 Å². The molecule has 2 fully saturated rings. The first-order chi connectivity index (χ1) is 16.7. The van der Waals surface area contributed by atoms with Gasteiger partial charge in [-0.1, -0.05) is 0 Å². The maximum absolute atomic E-state index is 13.1. The molecule has 0 aliphatic carbocycles. The second-order valence-corrected chi connectivity index (χ2v) is 9.41. The van der Waals surface area contributed by atoms with Gasteiger partial charge in [-0.05, 0) is 68.5 Å². The number of aryl methyl sites for hydroxylation is 2. The molecule has 2 aliphatic heterocycles. The Morgan fingerprint density at radius 1 is 1.11 bits per heavy atom. The number of nitrogens with one attached hydrogen (secondary N) is 1. The molecule has 0 radical (unpaired) electrons. The molecule has 1 N–H and O–H groups in total. The fourth-order valence-electron chi connectivity index (χ4n) is 4.75. The zero-order valence-corrected chi connectivity index (χ0v) is 19.7. The van der Waals surface area contributed by atoms with Crippen molar-refractivity contribution >= 4 is 22.9 Å². The summed E-state index contributed by atoms with van der Waals surface area (Å²) in [4.78, 5) is 23.8. The number of amides is 1. The van der Waals surface area contributed by atoms with Gasteiger partial charge in [0.05, 0.1) is 29.2 Å². The Morgan fingerprint density at radius 3 is 2.49 bits per heavy atom. The van der Waals surface area contributed by atoms with Crippen LogP contribution in [0.4, 0.5) is 19.1 Å². The highest BCUT2D eigenvalue weighted by Crippen LogP contribution is 2.33. The first-order valence-corrected chi connectivity index (χ1v) is 11.9. The van der Waals surface area contributed by atoms with Crippen molar-refractivity contribution in [1.29, 1.82) is 0 Å². The summed E-state index contributed by atoms with van der Waals surface area (Å²) in [5, 5.41) is 3.09. The van der Waals surface area contributed by atoms with Crippen LogP contribution >= 0.6 is 0 Å². The molecule has 0 bridgehead atoms. The number of halogens is 3. The fraction of sp³-hybridized carbons (Fsp3) is 0.480. The third-order valence-corrected chi connectivity index (χ3v) is 6.98. The molecule has 1 atom stereocenters. The van der Waals surface area contributed by atoms with Gasteiger partial charge in [0.25, 0.3) is 0 Å². The van der Waals surface area contributed by atoms with E-state index in [1.165, 1.54) is 6.07 Å². The van der Waals surface area contributed by atoms with Gasteiger partial charge in [-0.25, -0.2) is 9.97 Å². The van der Waals surface area contributed by atoms with Gasteiger partial charge in [-0.2, -0.15) is 13.2 Å². The summed E-state index contributed by atoms with van der Waals surface area (Å²) in [5.74, 6) is 0.975. The molecule has 0 spiro atoms. The summed E-state index contributed by atoms with van der Waals surface area (Å²) in [6.45, 7) is 6.46. The average molecular weight is 488 g/mol. The molecule has 5 rings (SSSR count). The molecular weight excluding hydrogens is 459 g/mol. The molecule has 0 saturated carbocycles. The van der Waals surface area contributed by atoms with Gasteiger partial charge in [0, 0.05) is 31.8 Å². The molecule has 2 aliphatic rings. The molecule has 1 aromatic carbocycles. The van der Waals surface area contributed by atoms with Crippen LogP contribution in [0.15, 0.2) is 30.5 Å². The minimum Gasteiger partial charge on any atom is -0.379 e. The highest BCUT2D eigenvalue weighted by Gasteiger charge is 2.32. The lowest BCUT2D eigenvalue weighted by Crippen LogP contribution is -2.44. The Morgan fingerprint density at radius 2 is 1.86 bits per heavy atom. The van der Waals surface area contributed by atoms with Crippen molar-refractivity contribution in [2.45, 2.75) is 45.3 Å². The normalized spacial score (nSPS) is 19.5. The number of fused-ring (bicyclic) bond motifs is 1. The van der Waals surface area contributed by atoms with E-state index >= 15 is 0 Å². The number of alkyl halides is 3. The van der Waals surface area contributed by atoms with Crippen LogP contribution in [0.25, 0.3) is 16.9 Å². The monoisotopic (exact) mass is 487 g/mol. The Bertz CT molecular complexity index is 1220. The number of hydrogen-bond acceptors (Lipinski definition) is 5. The second-order valence-electron chi connectivity index (χ2n) is 9.41. The summed E-state index contributed by atoms with van der Waals surface area (Å²) >= 11 is 0. The third kappa shape index (κ3) is 4.71. The van der Waals surface area contributed by atoms with Gasteiger partial charge < -0.3 is 15.0 Å². The molecule has 2 saturated heterocycles. The molecule has 1 unspecified atom stereocenters. The summed E-state index contributed by atoms with van der Waals surface area (Å²) < 4.78 is 46.5. The molecule has 2 aromatic heterocycles. The van der Waals surface area contributed by atoms with Crippen LogP contribution in [0.5, 0.6) is 0 Å². The highest BCUT2D eigenvalue weighted by atomic mass is 19.4. The topological polar surface area (TPSA) is 72.3 Å². The molecule has 35 heavy (non-hydrogen) atoms. The van der Waals surface area contributed by atoms with E-state index in [1.807, 2.05) is 30.5 Å². The van der Waals surface area contributed by atoms with Crippen LogP contribution in [0, 0.1) is 19.8 Å². The number of pyridine rings is 1. The number of hydrogen-bond donors (Lipinski definition) is 1. The van der Waals surface area contributed by atoms with Crippen LogP contribution in [0.2, 0.25) is 0 Å². The van der Waals surface area contributed by atoms with E-state index in [-0.39, 0.29) is 17.9 Å². The maximum atomic E-state index is 13.1. The van der Waals surface area contributed by atoms with Crippen LogP contribution < -0.4 is 10.2 Å². The maximum Gasteiger partial charge on any atom is 0.417 e. The lowest BCUT2D eigenvalue weighted by molar-refractivity contribution is -0.137. The lowest BCUT2D eigenvalue weighted by Gasteiger charge is -2.32. The number of carbonyl (C=O) groups is 1. The quantitative estimate of drug-likeness (QED) is 0.598. The highest BCUT2D eigenvalue weighted by molar-refractivity contribution is 5.83. The van der Waals surface area contributed by atoms with E-state index in [2.05, 4.69) is 15.2 Å². The number of ether oxygens (including phenoxy) is 1. The number of imidazole rings is 1. The van der Waals surface area contributed by atoms with Gasteiger partial charge >= 0.3 is 6.18 Å². The number of piperidine rings is 1. The second kappa shape index (κ2) is 9.14. The summed E-state index contributed by atoms with van der Waals surface area (Å²) in [6.07, 6.45) is -1.42. The van der Waals surface area contributed by atoms with E-state index in [1.54, 1.807) is 0 Å². The minimum absolute atomic E-state index is 0.0595. The van der Waals surface area contributed by atoms with Gasteiger partial charge in [0.1, 0.15) is 5.82 Å². The van der Waals surface area contributed by atoms with Crippen molar-refractivity contribution in [1.82, 2.24) is 19.9 Å². The SMILES string of the molecule is Cc1cc2nc(N3CCC(C(=O)NC4CCOC4)CC3)n(-c3ccc(C(F)(F)F)cn3)c2cc1C. The smallest absolute Gasteiger partial charge is 0.379 e. The predicted octanol–water partition coefficient (Wildman–Crippen LogP) is 4.18. The Kier molecular flexibility index (Phi) is 6.16. The molecule has 1 amide bonds. The van der Waals surface area contributed by atoms with Crippen LogP contribution in [-0.4, -0.2) is 52.8 Å². The molecule has 186 valence electrons. The van der Waals surface area contributed by atoms with Crippen LogP contribution in [-0.2, 0) is 15.7 Å². The first-order valence-electron chi connectivity index (χ1n) is 11.9. The van der Waals surface area contributed by atoms with Gasteiger partial charge in [-0.15, -0.1) is 0 Å². The average Bonchev–Trinajstić information content (AvgIpc) is 3.47. The molecule has 3 aromatic rings. The predicted molar refractivity (Wildman–Crippen MR) is 126 cm³/mol.